The topological polar surface area (TPSA) is 41.8 Å². The zero-order valence-electron chi connectivity index (χ0n) is 7.39. The molecule has 0 spiro atoms. The van der Waals surface area contributed by atoms with Crippen molar-refractivity contribution in [1.29, 1.82) is 0 Å². The molecule has 0 aliphatic rings. The van der Waals surface area contributed by atoms with E-state index in [1.165, 1.54) is 6.20 Å². The van der Waals surface area contributed by atoms with Gasteiger partial charge in [0.15, 0.2) is 0 Å². The number of nitrogens with one attached hydrogen (secondary N) is 1. The van der Waals surface area contributed by atoms with E-state index in [1.54, 1.807) is 0 Å². The Hall–Kier alpha value is -1.18. The standard InChI is InChI=1S/C7H10N2.C2H6/c1-6-7(2-4-8)3-5-9-6;1-2/h2-5,9H,8H2,1H3;1-2H3/b4-2-;. The number of rotatable bonds is 1. The third-order valence-corrected chi connectivity index (χ3v) is 1.27. The van der Waals surface area contributed by atoms with Gasteiger partial charge in [-0.25, -0.2) is 0 Å². The molecule has 0 bridgehead atoms. The Balaban J connectivity index is 0.000000461. The van der Waals surface area contributed by atoms with Crippen molar-refractivity contribution in [2.75, 3.05) is 0 Å². The molecule has 1 aromatic heterocycles. The molecule has 0 amide bonds. The fraction of sp³-hybridized carbons (Fsp3) is 0.333. The minimum Gasteiger partial charge on any atom is -0.405 e. The Morgan fingerprint density at radius 1 is 1.45 bits per heavy atom. The van der Waals surface area contributed by atoms with Crippen LogP contribution in [0.4, 0.5) is 0 Å². The molecule has 0 saturated heterocycles. The summed E-state index contributed by atoms with van der Waals surface area (Å²) in [5, 5.41) is 0. The fourth-order valence-electron chi connectivity index (χ4n) is 0.749. The summed E-state index contributed by atoms with van der Waals surface area (Å²) in [5.41, 5.74) is 7.49. The minimum atomic E-state index is 1.15. The van der Waals surface area contributed by atoms with Crippen LogP contribution < -0.4 is 5.73 Å². The Morgan fingerprint density at radius 2 is 2.09 bits per heavy atom. The van der Waals surface area contributed by atoms with Gasteiger partial charge in [0.05, 0.1) is 0 Å². The van der Waals surface area contributed by atoms with E-state index in [4.69, 9.17) is 5.73 Å². The first-order chi connectivity index (χ1) is 5.34. The predicted molar refractivity (Wildman–Crippen MR) is 50.1 cm³/mol. The van der Waals surface area contributed by atoms with Crippen molar-refractivity contribution in [1.82, 2.24) is 4.98 Å². The zero-order valence-corrected chi connectivity index (χ0v) is 7.39. The average Bonchev–Trinajstić information content (AvgIpc) is 2.42. The smallest absolute Gasteiger partial charge is 0.0189 e. The molecule has 0 unspecified atom stereocenters. The van der Waals surface area contributed by atoms with Crippen molar-refractivity contribution in [3.05, 3.63) is 29.7 Å². The summed E-state index contributed by atoms with van der Waals surface area (Å²) in [6.07, 6.45) is 5.30. The highest BCUT2D eigenvalue weighted by molar-refractivity contribution is 5.50. The lowest BCUT2D eigenvalue weighted by atomic mass is 10.2. The largest absolute Gasteiger partial charge is 0.405 e. The Morgan fingerprint density at radius 3 is 2.45 bits per heavy atom. The molecule has 0 aliphatic heterocycles. The first-order valence-electron chi connectivity index (χ1n) is 3.87. The highest BCUT2D eigenvalue weighted by Crippen LogP contribution is 2.05. The molecule has 1 rings (SSSR count). The van der Waals surface area contributed by atoms with Gasteiger partial charge < -0.3 is 10.7 Å². The summed E-state index contributed by atoms with van der Waals surface area (Å²) in [5.74, 6) is 0. The van der Waals surface area contributed by atoms with Crippen LogP contribution in [-0.2, 0) is 0 Å². The first-order valence-corrected chi connectivity index (χ1v) is 3.87. The molecule has 0 radical (unpaired) electrons. The summed E-state index contributed by atoms with van der Waals surface area (Å²) in [7, 11) is 0. The van der Waals surface area contributed by atoms with E-state index in [-0.39, 0.29) is 0 Å². The Labute approximate surface area is 68.1 Å². The third-order valence-electron chi connectivity index (χ3n) is 1.27. The lowest BCUT2D eigenvalue weighted by molar-refractivity contribution is 1.26. The summed E-state index contributed by atoms with van der Waals surface area (Å²) >= 11 is 0. The van der Waals surface area contributed by atoms with Crippen molar-refractivity contribution in [3.63, 3.8) is 0 Å². The van der Waals surface area contributed by atoms with Crippen molar-refractivity contribution >= 4 is 6.08 Å². The maximum absolute atomic E-state index is 5.19. The van der Waals surface area contributed by atoms with Gasteiger partial charge in [-0.2, -0.15) is 0 Å². The van der Waals surface area contributed by atoms with Crippen molar-refractivity contribution < 1.29 is 0 Å². The second-order valence-electron chi connectivity index (χ2n) is 1.92. The molecular weight excluding hydrogens is 136 g/mol. The second kappa shape index (κ2) is 5.59. The summed E-state index contributed by atoms with van der Waals surface area (Å²) in [4.78, 5) is 3.05. The van der Waals surface area contributed by atoms with Crippen LogP contribution in [0.15, 0.2) is 18.5 Å². The maximum atomic E-state index is 5.19. The van der Waals surface area contributed by atoms with Gasteiger partial charge in [-0.15, -0.1) is 0 Å². The normalized spacial score (nSPS) is 9.36. The van der Waals surface area contributed by atoms with Crippen LogP contribution in [0.25, 0.3) is 6.08 Å². The van der Waals surface area contributed by atoms with E-state index < -0.39 is 0 Å². The molecule has 11 heavy (non-hydrogen) atoms. The Bertz CT molecular complexity index is 211. The van der Waals surface area contributed by atoms with Crippen LogP contribution in [0.2, 0.25) is 0 Å². The van der Waals surface area contributed by atoms with Crippen molar-refractivity contribution in [2.45, 2.75) is 20.8 Å². The molecule has 0 atom stereocenters. The van der Waals surface area contributed by atoms with E-state index in [9.17, 15) is 0 Å². The number of hydrogen-bond acceptors (Lipinski definition) is 1. The number of H-pyrrole nitrogens is 1. The van der Waals surface area contributed by atoms with Crippen LogP contribution in [0.5, 0.6) is 0 Å². The quantitative estimate of drug-likeness (QED) is 0.637. The second-order valence-corrected chi connectivity index (χ2v) is 1.92. The monoisotopic (exact) mass is 152 g/mol. The molecule has 2 nitrogen and oxygen atoms in total. The number of aromatic nitrogens is 1. The first kappa shape index (κ1) is 9.82. The van der Waals surface area contributed by atoms with Gasteiger partial charge in [-0.3, -0.25) is 0 Å². The van der Waals surface area contributed by atoms with Gasteiger partial charge in [-0.05, 0) is 30.8 Å². The Kier molecular flexibility index (Phi) is 4.99. The fourth-order valence-corrected chi connectivity index (χ4v) is 0.749. The lowest BCUT2D eigenvalue weighted by Crippen LogP contribution is -1.77. The van der Waals surface area contributed by atoms with Crippen LogP contribution in [0.1, 0.15) is 25.1 Å². The van der Waals surface area contributed by atoms with E-state index in [0.717, 1.165) is 11.3 Å². The minimum absolute atomic E-state index is 1.15. The van der Waals surface area contributed by atoms with Gasteiger partial charge >= 0.3 is 0 Å². The van der Waals surface area contributed by atoms with Crippen LogP contribution >= 0.6 is 0 Å². The molecule has 1 aromatic rings. The van der Waals surface area contributed by atoms with Gasteiger partial charge in [0.2, 0.25) is 0 Å². The highest BCUT2D eigenvalue weighted by Gasteiger charge is 1.89. The lowest BCUT2D eigenvalue weighted by Gasteiger charge is -1.85. The molecule has 0 aromatic carbocycles. The van der Waals surface area contributed by atoms with E-state index in [2.05, 4.69) is 4.98 Å². The van der Waals surface area contributed by atoms with Crippen molar-refractivity contribution in [3.8, 4) is 0 Å². The van der Waals surface area contributed by atoms with E-state index in [1.807, 2.05) is 39.1 Å². The summed E-state index contributed by atoms with van der Waals surface area (Å²) in [6, 6.07) is 1.98. The number of hydrogen-bond donors (Lipinski definition) is 2. The SMILES string of the molecule is CC.Cc1[nH]ccc1/C=C\N. The molecule has 1 heterocycles. The zero-order chi connectivity index (χ0) is 8.69. The predicted octanol–water partition coefficient (Wildman–Crippen LogP) is 2.28. The molecule has 2 heteroatoms. The molecule has 0 fully saturated rings. The van der Waals surface area contributed by atoms with Gasteiger partial charge in [-0.1, -0.05) is 13.8 Å². The van der Waals surface area contributed by atoms with Gasteiger partial charge in [0.25, 0.3) is 0 Å². The maximum Gasteiger partial charge on any atom is 0.0189 e. The third kappa shape index (κ3) is 2.94. The molecular formula is C9H16N2. The summed E-state index contributed by atoms with van der Waals surface area (Å²) < 4.78 is 0. The van der Waals surface area contributed by atoms with Crippen molar-refractivity contribution in [2.24, 2.45) is 5.73 Å². The van der Waals surface area contributed by atoms with E-state index >= 15 is 0 Å². The van der Waals surface area contributed by atoms with Gasteiger partial charge in [0.1, 0.15) is 0 Å². The highest BCUT2D eigenvalue weighted by atomic mass is 14.7. The van der Waals surface area contributed by atoms with Crippen LogP contribution in [0.3, 0.4) is 0 Å². The number of nitrogens with two attached hydrogens (primary N) is 1. The molecule has 3 N–H and O–H groups in total. The van der Waals surface area contributed by atoms with E-state index in [0.29, 0.717) is 0 Å². The molecule has 0 saturated carbocycles. The van der Waals surface area contributed by atoms with Gasteiger partial charge in [0, 0.05) is 11.9 Å². The molecule has 62 valence electrons. The summed E-state index contributed by atoms with van der Waals surface area (Å²) in [6.45, 7) is 6.01. The van der Waals surface area contributed by atoms with Crippen LogP contribution in [0, 0.1) is 6.92 Å². The number of aromatic amines is 1. The number of aryl methyl sites for hydroxylation is 1. The molecule has 0 aliphatic carbocycles. The average molecular weight is 152 g/mol. The van der Waals surface area contributed by atoms with Crippen LogP contribution in [-0.4, -0.2) is 4.98 Å².